The first-order chi connectivity index (χ1) is 8.45. The smallest absolute Gasteiger partial charge is 0.219 e. The predicted molar refractivity (Wildman–Crippen MR) is 63.7 cm³/mol. The van der Waals surface area contributed by atoms with E-state index < -0.39 is 24.9 Å². The molecule has 0 saturated carbocycles. The van der Waals surface area contributed by atoms with Crippen LogP contribution in [0.4, 0.5) is 0 Å². The average Bonchev–Trinajstić information content (AvgIpc) is 2.28. The molecule has 1 saturated heterocycles. The molecule has 5 N–H and O–H groups in total. The lowest BCUT2D eigenvalue weighted by molar-refractivity contribution is -0.134. The van der Waals surface area contributed by atoms with Crippen molar-refractivity contribution >= 4 is 5.91 Å². The van der Waals surface area contributed by atoms with Crippen molar-refractivity contribution in [1.29, 1.82) is 0 Å². The van der Waals surface area contributed by atoms with Crippen LogP contribution >= 0.6 is 0 Å². The van der Waals surface area contributed by atoms with Gasteiger partial charge in [-0.1, -0.05) is 0 Å². The van der Waals surface area contributed by atoms with E-state index in [1.54, 1.807) is 4.90 Å². The van der Waals surface area contributed by atoms with Gasteiger partial charge in [0.2, 0.25) is 5.91 Å². The van der Waals surface area contributed by atoms with Gasteiger partial charge >= 0.3 is 0 Å². The second kappa shape index (κ2) is 7.01. The molecule has 0 aliphatic carbocycles. The molecular weight excluding hydrogens is 240 g/mol. The highest BCUT2D eigenvalue weighted by Crippen LogP contribution is 2.14. The monoisotopic (exact) mass is 262 g/mol. The van der Waals surface area contributed by atoms with Crippen LogP contribution in [0.5, 0.6) is 0 Å². The highest BCUT2D eigenvalue weighted by molar-refractivity contribution is 5.74. The van der Waals surface area contributed by atoms with Crippen LogP contribution in [0.2, 0.25) is 0 Å². The number of nitrogens with one attached hydrogen (secondary N) is 1. The molecule has 1 aliphatic rings. The Balaban J connectivity index is 2.10. The topological polar surface area (TPSA) is 113 Å². The molecule has 0 aromatic heterocycles. The Morgan fingerprint density at radius 3 is 2.44 bits per heavy atom. The van der Waals surface area contributed by atoms with Crippen molar-refractivity contribution in [1.82, 2.24) is 10.2 Å². The fourth-order valence-electron chi connectivity index (χ4n) is 1.88. The van der Waals surface area contributed by atoms with E-state index in [-0.39, 0.29) is 12.5 Å². The van der Waals surface area contributed by atoms with Crippen LogP contribution in [0.25, 0.3) is 0 Å². The Bertz CT molecular complexity index is 270. The summed E-state index contributed by atoms with van der Waals surface area (Å²) in [5.74, 6) is 0.425. The van der Waals surface area contributed by atoms with Crippen LogP contribution in [-0.4, -0.2) is 82.3 Å². The maximum absolute atomic E-state index is 10.9. The fourth-order valence-corrected chi connectivity index (χ4v) is 1.88. The lowest BCUT2D eigenvalue weighted by Crippen LogP contribution is -2.53. The van der Waals surface area contributed by atoms with Crippen LogP contribution in [-0.2, 0) is 4.79 Å². The minimum absolute atomic E-state index is 0.0628. The van der Waals surface area contributed by atoms with Gasteiger partial charge in [-0.15, -0.1) is 0 Å². The molecule has 0 aromatic rings. The molecule has 1 amide bonds. The van der Waals surface area contributed by atoms with E-state index in [0.717, 1.165) is 0 Å². The van der Waals surface area contributed by atoms with Gasteiger partial charge in [0.1, 0.15) is 12.2 Å². The first-order valence-electron chi connectivity index (χ1n) is 6.07. The van der Waals surface area contributed by atoms with Crippen LogP contribution in [0.1, 0.15) is 6.92 Å². The summed E-state index contributed by atoms with van der Waals surface area (Å²) < 4.78 is 0. The molecular formula is C11H22N2O5. The second-order valence-corrected chi connectivity index (χ2v) is 4.76. The van der Waals surface area contributed by atoms with Gasteiger partial charge in [-0.05, 0) is 0 Å². The maximum Gasteiger partial charge on any atom is 0.219 e. The van der Waals surface area contributed by atoms with Gasteiger partial charge in [0.25, 0.3) is 0 Å². The molecule has 1 heterocycles. The molecule has 7 heteroatoms. The molecule has 0 unspecified atom stereocenters. The number of hydrogen-bond donors (Lipinski definition) is 5. The number of amides is 1. The third-order valence-corrected chi connectivity index (χ3v) is 3.16. The molecule has 0 bridgehead atoms. The largest absolute Gasteiger partial charge is 0.394 e. The van der Waals surface area contributed by atoms with Crippen molar-refractivity contribution in [3.63, 3.8) is 0 Å². The lowest BCUT2D eigenvalue weighted by Gasteiger charge is -2.39. The van der Waals surface area contributed by atoms with Gasteiger partial charge in [-0.3, -0.25) is 4.79 Å². The molecule has 7 nitrogen and oxygen atoms in total. The van der Waals surface area contributed by atoms with Crippen LogP contribution in [0.15, 0.2) is 0 Å². The Morgan fingerprint density at radius 2 is 1.94 bits per heavy atom. The number of nitrogens with zero attached hydrogens (tertiary/aromatic N) is 1. The average molecular weight is 262 g/mol. The first-order valence-corrected chi connectivity index (χ1v) is 6.07. The van der Waals surface area contributed by atoms with E-state index in [9.17, 15) is 15.0 Å². The van der Waals surface area contributed by atoms with Crippen LogP contribution in [0.3, 0.4) is 0 Å². The number of aliphatic hydroxyl groups excluding tert-OH is 4. The van der Waals surface area contributed by atoms with Gasteiger partial charge in [0.05, 0.1) is 12.7 Å². The van der Waals surface area contributed by atoms with Gasteiger partial charge in [0.15, 0.2) is 0 Å². The molecule has 0 radical (unpaired) electrons. The summed E-state index contributed by atoms with van der Waals surface area (Å²) in [6.45, 7) is 3.13. The highest BCUT2D eigenvalue weighted by Gasteiger charge is 2.29. The molecule has 1 fully saturated rings. The maximum atomic E-state index is 10.9. The SMILES string of the molecule is CC(=O)N1CC(CNC[C@H](O)[C@@H](O)[C@H](O)CO)C1. The number of rotatable bonds is 7. The number of likely N-dealkylation sites (tertiary alicyclic amines) is 1. The summed E-state index contributed by atoms with van der Waals surface area (Å²) in [6, 6.07) is 0. The highest BCUT2D eigenvalue weighted by atomic mass is 16.4. The van der Waals surface area contributed by atoms with Gasteiger partial charge in [0, 0.05) is 39.0 Å². The summed E-state index contributed by atoms with van der Waals surface area (Å²) in [5, 5.41) is 39.6. The molecule has 1 rings (SSSR count). The summed E-state index contributed by atoms with van der Waals surface area (Å²) in [7, 11) is 0. The zero-order valence-corrected chi connectivity index (χ0v) is 10.5. The minimum Gasteiger partial charge on any atom is -0.394 e. The summed E-state index contributed by atoms with van der Waals surface area (Å²) in [5.41, 5.74) is 0. The van der Waals surface area contributed by atoms with Crippen molar-refractivity contribution in [3.05, 3.63) is 0 Å². The van der Waals surface area contributed by atoms with E-state index >= 15 is 0 Å². The Kier molecular flexibility index (Phi) is 5.97. The van der Waals surface area contributed by atoms with Crippen LogP contribution < -0.4 is 5.32 Å². The second-order valence-electron chi connectivity index (χ2n) is 4.76. The summed E-state index contributed by atoms with van der Waals surface area (Å²) >= 11 is 0. The molecule has 18 heavy (non-hydrogen) atoms. The summed E-state index contributed by atoms with van der Waals surface area (Å²) in [6.07, 6.45) is -3.83. The number of aliphatic hydroxyl groups is 4. The standard InChI is InChI=1S/C11H22N2O5/c1-7(15)13-4-8(5-13)2-12-3-9(16)11(18)10(17)6-14/h8-12,14,16-18H,2-6H2,1H3/t9-,10+,11+/m0/s1. The third-order valence-electron chi connectivity index (χ3n) is 3.16. The zero-order chi connectivity index (χ0) is 13.7. The predicted octanol–water partition coefficient (Wildman–Crippen LogP) is -2.87. The summed E-state index contributed by atoms with van der Waals surface area (Å²) in [4.78, 5) is 12.7. The normalized spacial score (nSPS) is 21.3. The lowest BCUT2D eigenvalue weighted by atomic mass is 10.00. The van der Waals surface area contributed by atoms with E-state index in [1.165, 1.54) is 6.92 Å². The van der Waals surface area contributed by atoms with E-state index in [2.05, 4.69) is 5.32 Å². The van der Waals surface area contributed by atoms with Crippen molar-refractivity contribution in [2.75, 3.05) is 32.8 Å². The number of carbonyl (C=O) groups excluding carboxylic acids is 1. The van der Waals surface area contributed by atoms with E-state index in [4.69, 9.17) is 10.2 Å². The van der Waals surface area contributed by atoms with E-state index in [0.29, 0.717) is 25.6 Å². The third kappa shape index (κ3) is 4.18. The van der Waals surface area contributed by atoms with Crippen molar-refractivity contribution in [2.45, 2.75) is 25.2 Å². The van der Waals surface area contributed by atoms with E-state index in [1.807, 2.05) is 0 Å². The first kappa shape index (κ1) is 15.3. The van der Waals surface area contributed by atoms with Gasteiger partial charge in [-0.2, -0.15) is 0 Å². The zero-order valence-electron chi connectivity index (χ0n) is 10.5. The molecule has 0 spiro atoms. The molecule has 3 atom stereocenters. The number of carbonyl (C=O) groups is 1. The van der Waals surface area contributed by atoms with Gasteiger partial charge in [-0.25, -0.2) is 0 Å². The van der Waals surface area contributed by atoms with Crippen LogP contribution in [0, 0.1) is 5.92 Å². The molecule has 0 aromatic carbocycles. The van der Waals surface area contributed by atoms with Gasteiger partial charge < -0.3 is 30.6 Å². The van der Waals surface area contributed by atoms with Crippen molar-refractivity contribution < 1.29 is 25.2 Å². The van der Waals surface area contributed by atoms with Crippen molar-refractivity contribution in [2.24, 2.45) is 5.92 Å². The van der Waals surface area contributed by atoms with Crippen molar-refractivity contribution in [3.8, 4) is 0 Å². The molecule has 106 valence electrons. The Hall–Kier alpha value is -0.730. The Morgan fingerprint density at radius 1 is 1.33 bits per heavy atom. The fraction of sp³-hybridized carbons (Fsp3) is 0.909. The Labute approximate surface area is 106 Å². The minimum atomic E-state index is -1.36. The molecule has 1 aliphatic heterocycles. The quantitative estimate of drug-likeness (QED) is 0.337. The number of hydrogen-bond acceptors (Lipinski definition) is 6.